The van der Waals surface area contributed by atoms with Crippen LogP contribution < -0.4 is 5.73 Å². The van der Waals surface area contributed by atoms with Crippen molar-refractivity contribution in [2.45, 2.75) is 19.1 Å². The molecular formula is C9H12N2O3. The smallest absolute Gasteiger partial charge is 0.354 e. The van der Waals surface area contributed by atoms with E-state index in [2.05, 4.69) is 4.98 Å². The minimum absolute atomic E-state index is 0.110. The third-order valence-electron chi connectivity index (χ3n) is 1.92. The largest absolute Gasteiger partial charge is 0.477 e. The molecule has 5 nitrogen and oxygen atoms in total. The molecule has 0 spiro atoms. The van der Waals surface area contributed by atoms with Crippen molar-refractivity contribution in [3.05, 3.63) is 29.6 Å². The van der Waals surface area contributed by atoms with Crippen molar-refractivity contribution >= 4 is 5.97 Å². The Kier molecular flexibility index (Phi) is 3.16. The van der Waals surface area contributed by atoms with E-state index in [4.69, 9.17) is 10.8 Å². The molecule has 76 valence electrons. The second kappa shape index (κ2) is 4.17. The molecular weight excluding hydrogens is 184 g/mol. The van der Waals surface area contributed by atoms with Crippen LogP contribution in [-0.2, 0) is 0 Å². The molecule has 1 aromatic heterocycles. The van der Waals surface area contributed by atoms with Gasteiger partial charge >= 0.3 is 5.97 Å². The van der Waals surface area contributed by atoms with E-state index in [9.17, 15) is 9.90 Å². The molecule has 0 bridgehead atoms. The summed E-state index contributed by atoms with van der Waals surface area (Å²) >= 11 is 0. The molecule has 14 heavy (non-hydrogen) atoms. The van der Waals surface area contributed by atoms with Gasteiger partial charge in [-0.05, 0) is 13.0 Å². The quantitative estimate of drug-likeness (QED) is 0.639. The summed E-state index contributed by atoms with van der Waals surface area (Å²) in [5.74, 6) is -1.14. The van der Waals surface area contributed by atoms with Gasteiger partial charge in [0.15, 0.2) is 5.69 Å². The van der Waals surface area contributed by atoms with Crippen LogP contribution in [-0.4, -0.2) is 27.3 Å². The highest BCUT2D eigenvalue weighted by molar-refractivity contribution is 5.87. The SMILES string of the molecule is CC(O)C(N)c1cccnc1C(=O)O. The van der Waals surface area contributed by atoms with Crippen molar-refractivity contribution in [1.82, 2.24) is 4.98 Å². The van der Waals surface area contributed by atoms with Crippen LogP contribution >= 0.6 is 0 Å². The van der Waals surface area contributed by atoms with E-state index in [-0.39, 0.29) is 5.69 Å². The topological polar surface area (TPSA) is 96.4 Å². The molecule has 1 rings (SSSR count). The van der Waals surface area contributed by atoms with Gasteiger partial charge in [-0.15, -0.1) is 0 Å². The Morgan fingerprint density at radius 3 is 2.79 bits per heavy atom. The number of aliphatic hydroxyl groups excluding tert-OH is 1. The number of carbonyl (C=O) groups is 1. The summed E-state index contributed by atoms with van der Waals surface area (Å²) in [7, 11) is 0. The minimum Gasteiger partial charge on any atom is -0.477 e. The number of pyridine rings is 1. The maximum absolute atomic E-state index is 10.7. The van der Waals surface area contributed by atoms with E-state index in [1.54, 1.807) is 12.1 Å². The second-order valence-electron chi connectivity index (χ2n) is 3.01. The number of hydrogen-bond acceptors (Lipinski definition) is 4. The van der Waals surface area contributed by atoms with Crippen LogP contribution in [0.5, 0.6) is 0 Å². The zero-order valence-corrected chi connectivity index (χ0v) is 7.71. The van der Waals surface area contributed by atoms with Gasteiger partial charge < -0.3 is 15.9 Å². The number of nitrogens with zero attached hydrogens (tertiary/aromatic N) is 1. The zero-order valence-electron chi connectivity index (χ0n) is 7.71. The maximum Gasteiger partial charge on any atom is 0.354 e. The van der Waals surface area contributed by atoms with E-state index < -0.39 is 18.1 Å². The molecule has 5 heteroatoms. The molecule has 4 N–H and O–H groups in total. The number of aromatic nitrogens is 1. The maximum atomic E-state index is 10.7. The molecule has 0 aromatic carbocycles. The van der Waals surface area contributed by atoms with Crippen LogP contribution in [0.25, 0.3) is 0 Å². The minimum atomic E-state index is -1.14. The summed E-state index contributed by atoms with van der Waals surface area (Å²) in [6.07, 6.45) is 0.569. The molecule has 0 saturated heterocycles. The summed E-state index contributed by atoms with van der Waals surface area (Å²) in [5, 5.41) is 18.0. The Labute approximate surface area is 81.2 Å². The van der Waals surface area contributed by atoms with Gasteiger partial charge in [-0.1, -0.05) is 6.07 Å². The average molecular weight is 196 g/mol. The number of rotatable bonds is 3. The molecule has 0 aliphatic heterocycles. The van der Waals surface area contributed by atoms with Gasteiger partial charge in [0.1, 0.15) is 0 Å². The number of hydrogen-bond donors (Lipinski definition) is 3. The van der Waals surface area contributed by atoms with Crippen LogP contribution in [0.3, 0.4) is 0 Å². The zero-order chi connectivity index (χ0) is 10.7. The monoisotopic (exact) mass is 196 g/mol. The number of aromatic carboxylic acids is 1. The highest BCUT2D eigenvalue weighted by atomic mass is 16.4. The Bertz CT molecular complexity index is 339. The van der Waals surface area contributed by atoms with Crippen molar-refractivity contribution < 1.29 is 15.0 Å². The van der Waals surface area contributed by atoms with E-state index in [1.165, 1.54) is 13.1 Å². The van der Waals surface area contributed by atoms with Crippen LogP contribution in [0.15, 0.2) is 18.3 Å². The first-order valence-electron chi connectivity index (χ1n) is 4.16. The van der Waals surface area contributed by atoms with Gasteiger partial charge in [0.25, 0.3) is 0 Å². The summed E-state index contributed by atoms with van der Waals surface area (Å²) in [5.41, 5.74) is 5.86. The predicted octanol–water partition coefficient (Wildman–Crippen LogP) is 0.160. The van der Waals surface area contributed by atoms with E-state index in [0.717, 1.165) is 0 Å². The molecule has 0 aliphatic rings. The molecule has 0 amide bonds. The van der Waals surface area contributed by atoms with Gasteiger partial charge in [-0.3, -0.25) is 0 Å². The lowest BCUT2D eigenvalue weighted by atomic mass is 10.0. The van der Waals surface area contributed by atoms with Crippen molar-refractivity contribution in [2.24, 2.45) is 5.73 Å². The van der Waals surface area contributed by atoms with Crippen molar-refractivity contribution in [2.75, 3.05) is 0 Å². The fourth-order valence-corrected chi connectivity index (χ4v) is 1.13. The molecule has 0 radical (unpaired) electrons. The summed E-state index contributed by atoms with van der Waals surface area (Å²) in [6.45, 7) is 1.50. The molecule has 1 aromatic rings. The Morgan fingerprint density at radius 1 is 1.64 bits per heavy atom. The van der Waals surface area contributed by atoms with Gasteiger partial charge in [-0.25, -0.2) is 9.78 Å². The van der Waals surface area contributed by atoms with E-state index in [1.807, 2.05) is 0 Å². The molecule has 2 atom stereocenters. The Hall–Kier alpha value is -1.46. The first-order valence-corrected chi connectivity index (χ1v) is 4.16. The second-order valence-corrected chi connectivity index (χ2v) is 3.01. The van der Waals surface area contributed by atoms with Crippen molar-refractivity contribution in [1.29, 1.82) is 0 Å². The fourth-order valence-electron chi connectivity index (χ4n) is 1.13. The normalized spacial score (nSPS) is 14.8. The highest BCUT2D eigenvalue weighted by Gasteiger charge is 2.19. The van der Waals surface area contributed by atoms with Gasteiger partial charge in [0.05, 0.1) is 12.1 Å². The summed E-state index contributed by atoms with van der Waals surface area (Å²) in [6, 6.07) is 2.41. The third-order valence-corrected chi connectivity index (χ3v) is 1.92. The van der Waals surface area contributed by atoms with Crippen molar-refractivity contribution in [3.63, 3.8) is 0 Å². The van der Waals surface area contributed by atoms with Crippen LogP contribution in [0, 0.1) is 0 Å². The molecule has 1 heterocycles. The van der Waals surface area contributed by atoms with E-state index >= 15 is 0 Å². The Balaban J connectivity index is 3.13. The first kappa shape index (κ1) is 10.6. The van der Waals surface area contributed by atoms with E-state index in [0.29, 0.717) is 5.56 Å². The molecule has 0 aliphatic carbocycles. The van der Waals surface area contributed by atoms with Crippen LogP contribution in [0.2, 0.25) is 0 Å². The molecule has 0 saturated carbocycles. The molecule has 2 unspecified atom stereocenters. The highest BCUT2D eigenvalue weighted by Crippen LogP contribution is 2.16. The molecule has 0 fully saturated rings. The third kappa shape index (κ3) is 2.07. The number of carboxylic acid groups (broad SMARTS) is 1. The van der Waals surface area contributed by atoms with Crippen LogP contribution in [0.1, 0.15) is 29.0 Å². The lowest BCUT2D eigenvalue weighted by Crippen LogP contribution is -2.25. The lowest BCUT2D eigenvalue weighted by molar-refractivity contribution is 0.0686. The predicted molar refractivity (Wildman–Crippen MR) is 49.8 cm³/mol. The summed E-state index contributed by atoms with van der Waals surface area (Å²) in [4.78, 5) is 14.4. The first-order chi connectivity index (χ1) is 6.54. The van der Waals surface area contributed by atoms with Crippen LogP contribution in [0.4, 0.5) is 0 Å². The fraction of sp³-hybridized carbons (Fsp3) is 0.333. The summed E-state index contributed by atoms with van der Waals surface area (Å²) < 4.78 is 0. The van der Waals surface area contributed by atoms with Crippen molar-refractivity contribution in [3.8, 4) is 0 Å². The van der Waals surface area contributed by atoms with Gasteiger partial charge in [-0.2, -0.15) is 0 Å². The standard InChI is InChI=1S/C9H12N2O3/c1-5(12)7(10)6-3-2-4-11-8(6)9(13)14/h2-5,7,12H,10H2,1H3,(H,13,14). The lowest BCUT2D eigenvalue weighted by Gasteiger charge is -2.16. The number of nitrogens with two attached hydrogens (primary N) is 1. The van der Waals surface area contributed by atoms with Gasteiger partial charge in [0.2, 0.25) is 0 Å². The Morgan fingerprint density at radius 2 is 2.29 bits per heavy atom. The number of aliphatic hydroxyl groups is 1. The number of carboxylic acids is 1. The van der Waals surface area contributed by atoms with Gasteiger partial charge in [0, 0.05) is 11.8 Å². The average Bonchev–Trinajstić information content (AvgIpc) is 2.16.